The molecule has 1 aromatic rings. The summed E-state index contributed by atoms with van der Waals surface area (Å²) in [6, 6.07) is 9.66. The van der Waals surface area contributed by atoms with Gasteiger partial charge in [-0.05, 0) is 11.6 Å². The molecule has 1 rings (SSSR count). The molecule has 5 heteroatoms. The summed E-state index contributed by atoms with van der Waals surface area (Å²) in [6.07, 6.45) is 3.49. The van der Waals surface area contributed by atoms with Crippen LogP contribution in [-0.4, -0.2) is 27.2 Å². The molecule has 0 radical (unpaired) electrons. The van der Waals surface area contributed by atoms with E-state index >= 15 is 0 Å². The quantitative estimate of drug-likeness (QED) is 0.733. The molecule has 0 heterocycles. The maximum atomic E-state index is 12.1. The van der Waals surface area contributed by atoms with Gasteiger partial charge in [-0.1, -0.05) is 36.4 Å². The van der Waals surface area contributed by atoms with Gasteiger partial charge in [0, 0.05) is 21.3 Å². The third kappa shape index (κ3) is 3.79. The molecule has 1 unspecified atom stereocenters. The summed E-state index contributed by atoms with van der Waals surface area (Å²) in [5, 5.41) is 0. The van der Waals surface area contributed by atoms with Crippen LogP contribution in [-0.2, 0) is 18.3 Å². The number of hydrogen-bond acceptors (Lipinski definition) is 4. The van der Waals surface area contributed by atoms with E-state index in [1.807, 2.05) is 36.4 Å². The van der Waals surface area contributed by atoms with Gasteiger partial charge in [0.15, 0.2) is 5.85 Å². The van der Waals surface area contributed by atoms with Gasteiger partial charge < -0.3 is 13.8 Å². The van der Waals surface area contributed by atoms with Crippen molar-refractivity contribution in [2.75, 3.05) is 21.3 Å². The zero-order valence-electron chi connectivity index (χ0n) is 10.2. The number of benzene rings is 1. The lowest BCUT2D eigenvalue weighted by Gasteiger charge is -2.20. The van der Waals surface area contributed by atoms with Crippen molar-refractivity contribution in [3.63, 3.8) is 0 Å². The number of ether oxygens (including phenoxy) is 1. The van der Waals surface area contributed by atoms with Gasteiger partial charge in [0.2, 0.25) is 0 Å². The topological polar surface area (TPSA) is 44.8 Å². The highest BCUT2D eigenvalue weighted by molar-refractivity contribution is 7.54. The molecule has 17 heavy (non-hydrogen) atoms. The van der Waals surface area contributed by atoms with Gasteiger partial charge >= 0.3 is 7.60 Å². The summed E-state index contributed by atoms with van der Waals surface area (Å²) in [4.78, 5) is 0. The average molecular weight is 256 g/mol. The molecule has 0 saturated carbocycles. The Bertz CT molecular complexity index is 394. The molecule has 0 amide bonds. The lowest BCUT2D eigenvalue weighted by Crippen LogP contribution is -2.10. The van der Waals surface area contributed by atoms with Crippen LogP contribution in [0.5, 0.6) is 0 Å². The Balaban J connectivity index is 2.84. The Morgan fingerprint density at radius 3 is 2.18 bits per heavy atom. The van der Waals surface area contributed by atoms with Gasteiger partial charge in [-0.15, -0.1) is 0 Å². The molecule has 0 aliphatic heterocycles. The fourth-order valence-corrected chi connectivity index (χ4v) is 2.47. The first-order valence-corrected chi connectivity index (χ1v) is 6.74. The summed E-state index contributed by atoms with van der Waals surface area (Å²) in [6.45, 7) is 0. The van der Waals surface area contributed by atoms with Gasteiger partial charge in [-0.25, -0.2) is 0 Å². The van der Waals surface area contributed by atoms with Gasteiger partial charge in [-0.2, -0.15) is 0 Å². The zero-order chi connectivity index (χ0) is 12.7. The number of rotatable bonds is 6. The molecule has 0 spiro atoms. The first-order chi connectivity index (χ1) is 8.16. The maximum absolute atomic E-state index is 12.1. The van der Waals surface area contributed by atoms with Crippen molar-refractivity contribution in [2.45, 2.75) is 5.85 Å². The Morgan fingerprint density at radius 2 is 1.71 bits per heavy atom. The minimum absolute atomic E-state index is 0.710. The molecule has 1 atom stereocenters. The highest BCUT2D eigenvalue weighted by Crippen LogP contribution is 2.52. The van der Waals surface area contributed by atoms with Crippen molar-refractivity contribution >= 4 is 13.7 Å². The molecule has 0 fully saturated rings. The molecular formula is C12H17O4P. The fraction of sp³-hybridized carbons (Fsp3) is 0.333. The molecule has 0 bridgehead atoms. The standard InChI is InChI=1S/C12H17O4P/c1-14-12(17(13,15-2)16-3)10-9-11-7-5-4-6-8-11/h4-10,12H,1-3H3/b10-9+. The zero-order valence-corrected chi connectivity index (χ0v) is 11.1. The van der Waals surface area contributed by atoms with Crippen molar-refractivity contribution in [1.82, 2.24) is 0 Å². The van der Waals surface area contributed by atoms with Crippen LogP contribution >= 0.6 is 7.60 Å². The van der Waals surface area contributed by atoms with E-state index in [0.717, 1.165) is 5.56 Å². The van der Waals surface area contributed by atoms with Crippen LogP contribution in [0.25, 0.3) is 6.08 Å². The van der Waals surface area contributed by atoms with Crippen molar-refractivity contribution in [3.05, 3.63) is 42.0 Å². The molecule has 4 nitrogen and oxygen atoms in total. The van der Waals surface area contributed by atoms with Crippen LogP contribution in [0.3, 0.4) is 0 Å². The van der Waals surface area contributed by atoms with E-state index in [1.165, 1.54) is 21.3 Å². The summed E-state index contributed by atoms with van der Waals surface area (Å²) < 4.78 is 27.0. The lowest BCUT2D eigenvalue weighted by atomic mass is 10.2. The molecule has 0 aliphatic rings. The van der Waals surface area contributed by atoms with Gasteiger partial charge in [0.1, 0.15) is 0 Å². The van der Waals surface area contributed by atoms with E-state index in [4.69, 9.17) is 13.8 Å². The monoisotopic (exact) mass is 256 g/mol. The van der Waals surface area contributed by atoms with Crippen molar-refractivity contribution < 1.29 is 18.3 Å². The summed E-state index contributed by atoms with van der Waals surface area (Å²) in [7, 11) is 0.906. The predicted octanol–water partition coefficient (Wildman–Crippen LogP) is 3.16. The minimum atomic E-state index is -3.24. The van der Waals surface area contributed by atoms with Crippen LogP contribution in [0.2, 0.25) is 0 Å². The maximum Gasteiger partial charge on any atom is 0.362 e. The molecule has 0 N–H and O–H groups in total. The third-order valence-corrected chi connectivity index (χ3v) is 4.34. The number of hydrogen-bond donors (Lipinski definition) is 0. The van der Waals surface area contributed by atoms with E-state index < -0.39 is 13.4 Å². The number of methoxy groups -OCH3 is 1. The second-order valence-corrected chi connectivity index (χ2v) is 5.62. The lowest BCUT2D eigenvalue weighted by molar-refractivity contribution is 0.151. The highest BCUT2D eigenvalue weighted by Gasteiger charge is 2.31. The Kier molecular flexibility index (Phi) is 5.59. The van der Waals surface area contributed by atoms with E-state index in [1.54, 1.807) is 6.08 Å². The predicted molar refractivity (Wildman–Crippen MR) is 67.9 cm³/mol. The Morgan fingerprint density at radius 1 is 1.12 bits per heavy atom. The molecule has 94 valence electrons. The normalized spacial score (nSPS) is 14.1. The minimum Gasteiger partial charge on any atom is -0.365 e. The van der Waals surface area contributed by atoms with Crippen LogP contribution in [0, 0.1) is 0 Å². The summed E-state index contributed by atoms with van der Waals surface area (Å²) in [5.41, 5.74) is 0.994. The molecular weight excluding hydrogens is 239 g/mol. The smallest absolute Gasteiger partial charge is 0.362 e. The van der Waals surface area contributed by atoms with E-state index in [9.17, 15) is 4.57 Å². The second kappa shape index (κ2) is 6.72. The molecule has 1 aromatic carbocycles. The van der Waals surface area contributed by atoms with Crippen molar-refractivity contribution in [1.29, 1.82) is 0 Å². The first kappa shape index (κ1) is 14.1. The van der Waals surface area contributed by atoms with Crippen LogP contribution in [0.4, 0.5) is 0 Å². The summed E-state index contributed by atoms with van der Waals surface area (Å²) >= 11 is 0. The highest BCUT2D eigenvalue weighted by atomic mass is 31.2. The van der Waals surface area contributed by atoms with Crippen LogP contribution < -0.4 is 0 Å². The van der Waals surface area contributed by atoms with E-state index in [0.29, 0.717) is 0 Å². The van der Waals surface area contributed by atoms with Crippen molar-refractivity contribution in [2.24, 2.45) is 0 Å². The Hall–Kier alpha value is -0.930. The molecule has 0 saturated heterocycles. The van der Waals surface area contributed by atoms with Gasteiger partial charge in [-0.3, -0.25) is 4.57 Å². The fourth-order valence-electron chi connectivity index (χ4n) is 1.35. The first-order valence-electron chi connectivity index (χ1n) is 5.13. The van der Waals surface area contributed by atoms with Crippen molar-refractivity contribution in [3.8, 4) is 0 Å². The van der Waals surface area contributed by atoms with Crippen LogP contribution in [0.1, 0.15) is 5.56 Å². The van der Waals surface area contributed by atoms with E-state index in [2.05, 4.69) is 0 Å². The SMILES string of the molecule is COC(/C=C/c1ccccc1)P(=O)(OC)OC. The average Bonchev–Trinajstić information content (AvgIpc) is 2.40. The summed E-state index contributed by atoms with van der Waals surface area (Å²) in [5.74, 6) is -0.710. The largest absolute Gasteiger partial charge is 0.365 e. The molecule has 0 aromatic heterocycles. The van der Waals surface area contributed by atoms with Gasteiger partial charge in [0.25, 0.3) is 0 Å². The van der Waals surface area contributed by atoms with Crippen LogP contribution in [0.15, 0.2) is 36.4 Å². The molecule has 0 aliphatic carbocycles. The van der Waals surface area contributed by atoms with E-state index in [-0.39, 0.29) is 0 Å². The third-order valence-electron chi connectivity index (χ3n) is 2.32. The van der Waals surface area contributed by atoms with Gasteiger partial charge in [0.05, 0.1) is 0 Å². The Labute approximate surface area is 102 Å². The second-order valence-electron chi connectivity index (χ2n) is 3.30.